The Hall–Kier alpha value is -3.03. The van der Waals surface area contributed by atoms with Gasteiger partial charge >= 0.3 is 0 Å². The summed E-state index contributed by atoms with van der Waals surface area (Å²) >= 11 is 6.20. The molecule has 3 aromatic heterocycles. The number of ketones is 1. The summed E-state index contributed by atoms with van der Waals surface area (Å²) in [5.41, 5.74) is 4.06. The van der Waals surface area contributed by atoms with Crippen molar-refractivity contribution in [3.8, 4) is 11.1 Å². The first-order valence-electron chi connectivity index (χ1n) is 9.24. The quantitative estimate of drug-likeness (QED) is 0.505. The first kappa shape index (κ1) is 18.0. The van der Waals surface area contributed by atoms with Crippen molar-refractivity contribution in [2.24, 2.45) is 0 Å². The van der Waals surface area contributed by atoms with Crippen molar-refractivity contribution in [1.82, 2.24) is 19.8 Å². The Kier molecular flexibility index (Phi) is 4.41. The molecule has 0 fully saturated rings. The van der Waals surface area contributed by atoms with E-state index in [9.17, 15) is 4.79 Å². The van der Waals surface area contributed by atoms with Crippen LogP contribution < -0.4 is 0 Å². The van der Waals surface area contributed by atoms with Crippen LogP contribution in [0.15, 0.2) is 47.1 Å². The zero-order chi connectivity index (χ0) is 20.0. The van der Waals surface area contributed by atoms with Crippen molar-refractivity contribution < 1.29 is 13.9 Å². The van der Waals surface area contributed by atoms with Crippen molar-refractivity contribution in [2.75, 3.05) is 7.11 Å². The minimum atomic E-state index is -0.0600. The van der Waals surface area contributed by atoms with Gasteiger partial charge in [0.15, 0.2) is 17.1 Å². The average Bonchev–Trinajstić information content (AvgIpc) is 3.36. The Morgan fingerprint density at radius 3 is 2.90 bits per heavy atom. The zero-order valence-corrected chi connectivity index (χ0v) is 16.4. The summed E-state index contributed by atoms with van der Waals surface area (Å²) in [4.78, 5) is 12.7. The molecular weight excluding hydrogens is 392 g/mol. The van der Waals surface area contributed by atoms with E-state index < -0.39 is 0 Å². The molecule has 29 heavy (non-hydrogen) atoms. The summed E-state index contributed by atoms with van der Waals surface area (Å²) in [5, 5.41) is 14.0. The van der Waals surface area contributed by atoms with Gasteiger partial charge in [0.05, 0.1) is 29.8 Å². The predicted molar refractivity (Wildman–Crippen MR) is 106 cm³/mol. The first-order valence-corrected chi connectivity index (χ1v) is 9.62. The molecule has 0 radical (unpaired) electrons. The molecule has 1 aromatic carbocycles. The minimum absolute atomic E-state index is 0.0536. The Balaban J connectivity index is 1.72. The van der Waals surface area contributed by atoms with Crippen LogP contribution in [0.25, 0.3) is 16.8 Å². The number of furan rings is 1. The predicted octanol–water partition coefficient (Wildman–Crippen LogP) is 4.10. The standard InChI is InChI=1S/C21H17ClN4O3/c1-28-11-15-19(12-4-2-5-14(22)8-12)21-24-23-20-16(26(21)25-15)9-13(10-17(20)27)18-6-3-7-29-18/h2-8,13H,9-11H2,1H3. The number of aromatic nitrogens is 4. The van der Waals surface area contributed by atoms with Crippen LogP contribution in [0, 0.1) is 0 Å². The van der Waals surface area contributed by atoms with Crippen LogP contribution in [0.4, 0.5) is 0 Å². The van der Waals surface area contributed by atoms with Gasteiger partial charge in [-0.05, 0) is 29.8 Å². The maximum absolute atomic E-state index is 12.7. The molecule has 4 aromatic rings. The number of ether oxygens (including phenoxy) is 1. The van der Waals surface area contributed by atoms with Crippen LogP contribution in [-0.4, -0.2) is 32.7 Å². The lowest BCUT2D eigenvalue weighted by Gasteiger charge is -2.21. The number of fused-ring (bicyclic) bond motifs is 3. The van der Waals surface area contributed by atoms with Gasteiger partial charge in [0.1, 0.15) is 5.76 Å². The third-order valence-electron chi connectivity index (χ3n) is 5.18. The van der Waals surface area contributed by atoms with Crippen molar-refractivity contribution in [1.29, 1.82) is 0 Å². The van der Waals surface area contributed by atoms with E-state index in [-0.39, 0.29) is 11.7 Å². The highest BCUT2D eigenvalue weighted by Crippen LogP contribution is 2.35. The highest BCUT2D eigenvalue weighted by atomic mass is 35.5. The Morgan fingerprint density at radius 1 is 1.24 bits per heavy atom. The van der Waals surface area contributed by atoms with E-state index in [0.29, 0.717) is 41.5 Å². The Labute approximate surface area is 171 Å². The SMILES string of the molecule is COCc1nn2c3c(nnc2c1-c1cccc(Cl)c1)C(=O)CC(c1ccco1)C3. The number of halogens is 1. The summed E-state index contributed by atoms with van der Waals surface area (Å²) in [5.74, 6) is 0.672. The molecule has 1 unspecified atom stereocenters. The number of benzene rings is 1. The topological polar surface area (TPSA) is 82.5 Å². The maximum atomic E-state index is 12.7. The van der Waals surface area contributed by atoms with Crippen molar-refractivity contribution in [2.45, 2.75) is 25.4 Å². The van der Waals surface area contributed by atoms with Gasteiger partial charge in [0.25, 0.3) is 0 Å². The largest absolute Gasteiger partial charge is 0.469 e. The molecule has 7 nitrogen and oxygen atoms in total. The monoisotopic (exact) mass is 408 g/mol. The van der Waals surface area contributed by atoms with Gasteiger partial charge in [-0.15, -0.1) is 10.2 Å². The van der Waals surface area contributed by atoms with Gasteiger partial charge < -0.3 is 9.15 Å². The second-order valence-corrected chi connectivity index (χ2v) is 7.48. The van der Waals surface area contributed by atoms with Crippen LogP contribution in [0.2, 0.25) is 5.02 Å². The molecule has 8 heteroatoms. The van der Waals surface area contributed by atoms with Gasteiger partial charge in [0, 0.05) is 30.9 Å². The van der Waals surface area contributed by atoms with Crippen LogP contribution in [-0.2, 0) is 17.8 Å². The van der Waals surface area contributed by atoms with Crippen LogP contribution in [0.3, 0.4) is 0 Å². The van der Waals surface area contributed by atoms with Crippen molar-refractivity contribution in [3.63, 3.8) is 0 Å². The number of methoxy groups -OCH3 is 1. The van der Waals surface area contributed by atoms with E-state index in [4.69, 9.17) is 25.9 Å². The molecule has 0 aliphatic heterocycles. The van der Waals surface area contributed by atoms with E-state index >= 15 is 0 Å². The fourth-order valence-electron chi connectivity index (χ4n) is 3.92. The number of rotatable bonds is 4. The summed E-state index contributed by atoms with van der Waals surface area (Å²) in [6, 6.07) is 11.2. The molecule has 0 saturated carbocycles. The molecule has 0 amide bonds. The van der Waals surface area contributed by atoms with Gasteiger partial charge in [-0.1, -0.05) is 23.7 Å². The van der Waals surface area contributed by atoms with E-state index in [1.54, 1.807) is 17.9 Å². The highest BCUT2D eigenvalue weighted by molar-refractivity contribution is 6.30. The second kappa shape index (κ2) is 7.09. The molecule has 0 N–H and O–H groups in total. The first-order chi connectivity index (χ1) is 14.2. The summed E-state index contributed by atoms with van der Waals surface area (Å²) < 4.78 is 12.6. The van der Waals surface area contributed by atoms with Gasteiger partial charge in [-0.25, -0.2) is 4.52 Å². The number of Topliss-reactive ketones (excluding diaryl/α,β-unsaturated/α-hetero) is 1. The summed E-state index contributed by atoms with van der Waals surface area (Å²) in [6.45, 7) is 0.301. The molecule has 1 atom stereocenters. The van der Waals surface area contributed by atoms with Gasteiger partial charge in [-0.2, -0.15) is 5.10 Å². The summed E-state index contributed by atoms with van der Waals surface area (Å²) in [6.07, 6.45) is 2.55. The lowest BCUT2D eigenvalue weighted by atomic mass is 9.87. The van der Waals surface area contributed by atoms with Gasteiger partial charge in [-0.3, -0.25) is 4.79 Å². The second-order valence-electron chi connectivity index (χ2n) is 7.04. The molecule has 3 heterocycles. The molecule has 0 bridgehead atoms. The molecular formula is C21H17ClN4O3. The van der Waals surface area contributed by atoms with Crippen LogP contribution in [0.5, 0.6) is 0 Å². The normalized spacial score (nSPS) is 16.3. The van der Waals surface area contributed by atoms with E-state index in [1.807, 2.05) is 36.4 Å². The number of carbonyl (C=O) groups is 1. The molecule has 0 spiro atoms. The third-order valence-corrected chi connectivity index (χ3v) is 5.42. The number of carbonyl (C=O) groups excluding carboxylic acids is 1. The van der Waals surface area contributed by atoms with Gasteiger partial charge in [0.2, 0.25) is 0 Å². The molecule has 146 valence electrons. The van der Waals surface area contributed by atoms with Crippen LogP contribution in [0.1, 0.15) is 40.0 Å². The maximum Gasteiger partial charge on any atom is 0.185 e. The zero-order valence-electron chi connectivity index (χ0n) is 15.6. The van der Waals surface area contributed by atoms with Crippen LogP contribution >= 0.6 is 11.6 Å². The number of hydrogen-bond donors (Lipinski definition) is 0. The van der Waals surface area contributed by atoms with Crippen molar-refractivity contribution in [3.05, 3.63) is 70.5 Å². The van der Waals surface area contributed by atoms with E-state index in [2.05, 4.69) is 10.2 Å². The molecule has 1 aliphatic carbocycles. The molecule has 5 rings (SSSR count). The number of nitrogens with zero attached hydrogens (tertiary/aromatic N) is 4. The average molecular weight is 409 g/mol. The fourth-order valence-corrected chi connectivity index (χ4v) is 4.11. The lowest BCUT2D eigenvalue weighted by molar-refractivity contribution is 0.0951. The molecule has 0 saturated heterocycles. The fraction of sp³-hybridized carbons (Fsp3) is 0.238. The Morgan fingerprint density at radius 2 is 2.14 bits per heavy atom. The molecule has 1 aliphatic rings. The minimum Gasteiger partial charge on any atom is -0.469 e. The van der Waals surface area contributed by atoms with E-state index in [0.717, 1.165) is 22.6 Å². The number of hydrogen-bond acceptors (Lipinski definition) is 6. The summed E-state index contributed by atoms with van der Waals surface area (Å²) in [7, 11) is 1.61. The third kappa shape index (κ3) is 3.03. The lowest BCUT2D eigenvalue weighted by Crippen LogP contribution is -2.24. The Bertz CT molecular complexity index is 1220. The van der Waals surface area contributed by atoms with Crippen molar-refractivity contribution >= 4 is 23.0 Å². The van der Waals surface area contributed by atoms with E-state index in [1.165, 1.54) is 0 Å². The highest BCUT2D eigenvalue weighted by Gasteiger charge is 2.33. The smallest absolute Gasteiger partial charge is 0.185 e.